The molecule has 34 heavy (non-hydrogen) atoms. The van der Waals surface area contributed by atoms with Crippen molar-refractivity contribution in [1.29, 1.82) is 0 Å². The van der Waals surface area contributed by atoms with E-state index in [2.05, 4.69) is 27.1 Å². The minimum atomic E-state index is -0.631. The number of rotatable bonds is 7. The van der Waals surface area contributed by atoms with E-state index in [0.29, 0.717) is 37.4 Å². The Labute approximate surface area is 199 Å². The molecule has 1 aromatic heterocycles. The molecule has 2 saturated heterocycles. The molecule has 0 unspecified atom stereocenters. The van der Waals surface area contributed by atoms with E-state index >= 15 is 4.39 Å². The van der Waals surface area contributed by atoms with Gasteiger partial charge >= 0.3 is 0 Å². The summed E-state index contributed by atoms with van der Waals surface area (Å²) in [5.74, 6) is 0.317. The Morgan fingerprint density at radius 3 is 2.76 bits per heavy atom. The lowest BCUT2D eigenvalue weighted by molar-refractivity contribution is -0.132. The van der Waals surface area contributed by atoms with Crippen molar-refractivity contribution in [3.63, 3.8) is 0 Å². The molecule has 10 heteroatoms. The highest BCUT2D eigenvalue weighted by molar-refractivity contribution is 5.92. The molecule has 2 atom stereocenters. The van der Waals surface area contributed by atoms with Gasteiger partial charge in [-0.1, -0.05) is 19.8 Å². The predicted octanol–water partition coefficient (Wildman–Crippen LogP) is 2.72. The molecule has 4 rings (SSSR count). The maximum atomic E-state index is 15.3. The van der Waals surface area contributed by atoms with Crippen LogP contribution in [-0.4, -0.2) is 73.3 Å². The summed E-state index contributed by atoms with van der Waals surface area (Å²) >= 11 is 0. The van der Waals surface area contributed by atoms with Gasteiger partial charge in [0.25, 0.3) is 0 Å². The van der Waals surface area contributed by atoms with Crippen molar-refractivity contribution in [2.24, 2.45) is 0 Å². The topological polar surface area (TPSA) is 106 Å². The molecule has 0 bridgehead atoms. The van der Waals surface area contributed by atoms with Gasteiger partial charge in [0, 0.05) is 43.5 Å². The zero-order valence-corrected chi connectivity index (χ0v) is 20.3. The number of nitrogen functional groups attached to an aromatic ring is 1. The molecule has 0 aliphatic carbocycles. The highest BCUT2D eigenvalue weighted by Gasteiger charge is 2.32. The highest BCUT2D eigenvalue weighted by atomic mass is 19.1. The Hall–Kier alpha value is -2.88. The number of amides is 1. The van der Waals surface area contributed by atoms with Crippen LogP contribution in [0.2, 0.25) is 0 Å². The van der Waals surface area contributed by atoms with Crippen molar-refractivity contribution < 1.29 is 18.7 Å². The first kappa shape index (κ1) is 24.3. The zero-order chi connectivity index (χ0) is 24.2. The molecule has 9 nitrogen and oxygen atoms in total. The van der Waals surface area contributed by atoms with E-state index in [4.69, 9.17) is 15.2 Å². The highest BCUT2D eigenvalue weighted by Crippen LogP contribution is 2.38. The number of nitrogens with zero attached hydrogens (tertiary/aromatic N) is 4. The van der Waals surface area contributed by atoms with Crippen LogP contribution in [0, 0.1) is 5.82 Å². The fraction of sp³-hybridized carbons (Fsp3) is 0.625. The van der Waals surface area contributed by atoms with Crippen molar-refractivity contribution in [2.45, 2.75) is 57.5 Å². The number of carbonyl (C=O) groups is 1. The van der Waals surface area contributed by atoms with Crippen LogP contribution in [0.4, 0.5) is 16.2 Å². The number of hydrogen-bond donors (Lipinski definition) is 2. The van der Waals surface area contributed by atoms with Crippen molar-refractivity contribution >= 4 is 28.6 Å². The first-order valence-electron chi connectivity index (χ1n) is 12.1. The second kappa shape index (κ2) is 10.6. The summed E-state index contributed by atoms with van der Waals surface area (Å²) in [4.78, 5) is 26.1. The number of nitrogens with two attached hydrogens (primary N) is 1. The standard InChI is InChI=1S/C24H35FN6O3/c1-4-7-16-14-30(19(32)12-15-8-5-6-9-27-15)10-11-31(16)24-28-21-17(23(26)29-24)13-18(33-2)22(34-3)20(21)25/h13,15-16,27H,4-12,14H2,1-3H3,(H2,26,28,29)/t15-,16-/m0/s1. The van der Waals surface area contributed by atoms with Crippen LogP contribution in [0.5, 0.6) is 11.5 Å². The first-order valence-corrected chi connectivity index (χ1v) is 12.1. The van der Waals surface area contributed by atoms with Gasteiger partial charge in [0.15, 0.2) is 17.3 Å². The average Bonchev–Trinajstić information content (AvgIpc) is 2.85. The molecule has 2 aliphatic heterocycles. The minimum Gasteiger partial charge on any atom is -0.493 e. The van der Waals surface area contributed by atoms with E-state index in [1.165, 1.54) is 27.1 Å². The van der Waals surface area contributed by atoms with Gasteiger partial charge in [0.2, 0.25) is 11.9 Å². The number of carbonyl (C=O) groups excluding carboxylic acids is 1. The van der Waals surface area contributed by atoms with E-state index in [1.807, 2.05) is 4.90 Å². The lowest BCUT2D eigenvalue weighted by Crippen LogP contribution is -2.56. The first-order chi connectivity index (χ1) is 16.5. The third-order valence-electron chi connectivity index (χ3n) is 6.84. The lowest BCUT2D eigenvalue weighted by atomic mass is 10.0. The number of halogens is 1. The van der Waals surface area contributed by atoms with E-state index in [-0.39, 0.29) is 40.8 Å². The summed E-state index contributed by atoms with van der Waals surface area (Å²) < 4.78 is 25.7. The number of piperidine rings is 1. The van der Waals surface area contributed by atoms with Gasteiger partial charge < -0.3 is 30.3 Å². The summed E-state index contributed by atoms with van der Waals surface area (Å²) in [5.41, 5.74) is 6.33. The molecule has 2 aliphatic rings. The van der Waals surface area contributed by atoms with E-state index in [1.54, 1.807) is 6.07 Å². The number of benzene rings is 1. The third kappa shape index (κ3) is 4.82. The number of aromatic nitrogens is 2. The van der Waals surface area contributed by atoms with Crippen molar-refractivity contribution in [3.8, 4) is 11.5 Å². The number of ether oxygens (including phenoxy) is 2. The van der Waals surface area contributed by atoms with Gasteiger partial charge in [-0.3, -0.25) is 4.79 Å². The van der Waals surface area contributed by atoms with Crippen LogP contribution in [0.1, 0.15) is 45.4 Å². The van der Waals surface area contributed by atoms with Gasteiger partial charge in [0.05, 0.1) is 14.2 Å². The average molecular weight is 475 g/mol. The SMILES string of the molecule is CCC[C@H]1CN(C(=O)C[C@@H]2CCCCN2)CCN1c1nc(N)c2cc(OC)c(OC)c(F)c2n1. The van der Waals surface area contributed by atoms with Crippen LogP contribution >= 0.6 is 0 Å². The molecule has 0 radical (unpaired) electrons. The molecular weight excluding hydrogens is 439 g/mol. The Balaban J connectivity index is 1.58. The molecule has 186 valence electrons. The Morgan fingerprint density at radius 1 is 1.26 bits per heavy atom. The molecule has 0 spiro atoms. The molecule has 2 fully saturated rings. The van der Waals surface area contributed by atoms with Crippen LogP contribution in [-0.2, 0) is 4.79 Å². The predicted molar refractivity (Wildman–Crippen MR) is 130 cm³/mol. The number of nitrogens with one attached hydrogen (secondary N) is 1. The van der Waals surface area contributed by atoms with Gasteiger partial charge in [-0.15, -0.1) is 0 Å². The number of piperazine rings is 1. The summed E-state index contributed by atoms with van der Waals surface area (Å²) in [5, 5.41) is 3.83. The Morgan fingerprint density at radius 2 is 2.09 bits per heavy atom. The third-order valence-corrected chi connectivity index (χ3v) is 6.84. The molecule has 0 saturated carbocycles. The fourth-order valence-electron chi connectivity index (χ4n) is 5.03. The summed E-state index contributed by atoms with van der Waals surface area (Å²) in [6, 6.07) is 1.89. The van der Waals surface area contributed by atoms with Gasteiger partial charge in [-0.2, -0.15) is 4.98 Å². The quantitative estimate of drug-likeness (QED) is 0.631. The molecular formula is C24H35FN6O3. The largest absolute Gasteiger partial charge is 0.493 e. The maximum absolute atomic E-state index is 15.3. The Bertz CT molecular complexity index is 1030. The maximum Gasteiger partial charge on any atom is 0.228 e. The second-order valence-corrected chi connectivity index (χ2v) is 9.06. The van der Waals surface area contributed by atoms with Crippen molar-refractivity contribution in [1.82, 2.24) is 20.2 Å². The van der Waals surface area contributed by atoms with Crippen molar-refractivity contribution in [3.05, 3.63) is 11.9 Å². The van der Waals surface area contributed by atoms with Crippen LogP contribution in [0.3, 0.4) is 0 Å². The smallest absolute Gasteiger partial charge is 0.228 e. The molecule has 1 aromatic carbocycles. The van der Waals surface area contributed by atoms with Crippen molar-refractivity contribution in [2.75, 3.05) is 51.0 Å². The van der Waals surface area contributed by atoms with E-state index in [9.17, 15) is 4.79 Å². The zero-order valence-electron chi connectivity index (χ0n) is 20.3. The summed E-state index contributed by atoms with van der Waals surface area (Å²) in [6.45, 7) is 4.82. The summed E-state index contributed by atoms with van der Waals surface area (Å²) in [7, 11) is 2.82. The molecule has 3 heterocycles. The van der Waals surface area contributed by atoms with E-state index in [0.717, 1.165) is 25.8 Å². The number of fused-ring (bicyclic) bond motifs is 1. The van der Waals surface area contributed by atoms with Gasteiger partial charge in [0.1, 0.15) is 11.3 Å². The second-order valence-electron chi connectivity index (χ2n) is 9.06. The minimum absolute atomic E-state index is 0.0177. The van der Waals surface area contributed by atoms with Crippen LogP contribution in [0.15, 0.2) is 6.07 Å². The number of methoxy groups -OCH3 is 2. The van der Waals surface area contributed by atoms with E-state index < -0.39 is 5.82 Å². The van der Waals surface area contributed by atoms with Gasteiger partial charge in [-0.05, 0) is 31.9 Å². The van der Waals surface area contributed by atoms with Gasteiger partial charge in [-0.25, -0.2) is 9.37 Å². The fourth-order valence-corrected chi connectivity index (χ4v) is 5.03. The molecule has 3 N–H and O–H groups in total. The normalized spacial score (nSPS) is 21.1. The lowest BCUT2D eigenvalue weighted by Gasteiger charge is -2.42. The summed E-state index contributed by atoms with van der Waals surface area (Å²) in [6.07, 6.45) is 5.73. The Kier molecular flexibility index (Phi) is 7.55. The molecule has 1 amide bonds. The monoisotopic (exact) mass is 474 g/mol. The number of anilines is 2. The number of hydrogen-bond acceptors (Lipinski definition) is 8. The molecule has 2 aromatic rings. The van der Waals surface area contributed by atoms with Crippen LogP contribution < -0.4 is 25.4 Å². The van der Waals surface area contributed by atoms with Crippen LogP contribution in [0.25, 0.3) is 10.9 Å².